The molecular weight excluding hydrogens is 190 g/mol. The lowest BCUT2D eigenvalue weighted by molar-refractivity contribution is 0.399. The van der Waals surface area contributed by atoms with Gasteiger partial charge in [0.15, 0.2) is 0 Å². The molecule has 3 N–H and O–H groups in total. The van der Waals surface area contributed by atoms with Crippen molar-refractivity contribution in [2.45, 2.75) is 33.2 Å². The van der Waals surface area contributed by atoms with Gasteiger partial charge in [-0.3, -0.25) is 0 Å². The third-order valence-corrected chi connectivity index (χ3v) is 2.73. The third-order valence-electron chi connectivity index (χ3n) is 2.73. The van der Waals surface area contributed by atoms with Crippen molar-refractivity contribution in [1.82, 2.24) is 0 Å². The molecule has 0 spiro atoms. The summed E-state index contributed by atoms with van der Waals surface area (Å²) < 4.78 is 5.25. The number of aromatic hydroxyl groups is 1. The molecule has 0 aliphatic heterocycles. The number of hydrogen-bond donors (Lipinski definition) is 2. The maximum absolute atomic E-state index is 10.00. The van der Waals surface area contributed by atoms with Crippen LogP contribution in [-0.4, -0.2) is 12.2 Å². The van der Waals surface area contributed by atoms with Crippen molar-refractivity contribution in [3.8, 4) is 11.5 Å². The van der Waals surface area contributed by atoms with Crippen LogP contribution in [0.15, 0.2) is 6.07 Å². The van der Waals surface area contributed by atoms with Crippen LogP contribution in [0.4, 0.5) is 0 Å². The Morgan fingerprint density at radius 2 is 1.80 bits per heavy atom. The molecule has 1 aromatic rings. The molecule has 0 aliphatic rings. The Bertz CT molecular complexity index is 378. The zero-order valence-corrected chi connectivity index (χ0v) is 10.0. The van der Waals surface area contributed by atoms with E-state index in [1.54, 1.807) is 13.2 Å². The van der Waals surface area contributed by atoms with Gasteiger partial charge in [0, 0.05) is 11.1 Å². The van der Waals surface area contributed by atoms with Crippen molar-refractivity contribution in [2.24, 2.45) is 5.73 Å². The van der Waals surface area contributed by atoms with Gasteiger partial charge in [-0.15, -0.1) is 0 Å². The van der Waals surface area contributed by atoms with E-state index in [0.717, 1.165) is 16.9 Å². The molecular formula is C12H19NO2. The van der Waals surface area contributed by atoms with E-state index in [4.69, 9.17) is 10.5 Å². The lowest BCUT2D eigenvalue weighted by atomic mass is 9.90. The summed E-state index contributed by atoms with van der Waals surface area (Å²) in [5.41, 5.74) is 7.89. The molecule has 0 fully saturated rings. The normalized spacial score (nSPS) is 11.6. The van der Waals surface area contributed by atoms with Gasteiger partial charge in [-0.2, -0.15) is 0 Å². The molecule has 1 aromatic carbocycles. The van der Waals surface area contributed by atoms with E-state index >= 15 is 0 Å². The van der Waals surface area contributed by atoms with E-state index in [2.05, 4.69) is 0 Å². The topological polar surface area (TPSA) is 55.5 Å². The van der Waals surface area contributed by atoms with Gasteiger partial charge in [-0.25, -0.2) is 0 Å². The second-order valence-corrected chi connectivity index (χ2v) is 4.45. The highest BCUT2D eigenvalue weighted by atomic mass is 16.5. The number of benzene rings is 1. The quantitative estimate of drug-likeness (QED) is 0.785. The van der Waals surface area contributed by atoms with Crippen LogP contribution >= 0.6 is 0 Å². The first kappa shape index (κ1) is 11.9. The Hall–Kier alpha value is -1.22. The summed E-state index contributed by atoms with van der Waals surface area (Å²) in [6, 6.07) is 1.80. The van der Waals surface area contributed by atoms with E-state index in [-0.39, 0.29) is 5.75 Å². The molecule has 0 aliphatic carbocycles. The molecule has 0 aromatic heterocycles. The Morgan fingerprint density at radius 3 is 2.20 bits per heavy atom. The zero-order valence-electron chi connectivity index (χ0n) is 10.0. The molecule has 0 bridgehead atoms. The van der Waals surface area contributed by atoms with Crippen LogP contribution < -0.4 is 10.5 Å². The first-order chi connectivity index (χ1) is 6.79. The van der Waals surface area contributed by atoms with Gasteiger partial charge >= 0.3 is 0 Å². The molecule has 1 rings (SSSR count). The predicted molar refractivity (Wildman–Crippen MR) is 61.3 cm³/mol. The molecule has 15 heavy (non-hydrogen) atoms. The molecule has 0 atom stereocenters. The lowest BCUT2D eigenvalue weighted by Crippen LogP contribution is -2.29. The van der Waals surface area contributed by atoms with Gasteiger partial charge in [0.2, 0.25) is 0 Å². The molecule has 0 saturated heterocycles. The first-order valence-electron chi connectivity index (χ1n) is 4.95. The molecule has 3 nitrogen and oxygen atoms in total. The summed E-state index contributed by atoms with van der Waals surface area (Å²) >= 11 is 0. The maximum atomic E-state index is 10.00. The number of methoxy groups -OCH3 is 1. The average Bonchev–Trinajstić information content (AvgIpc) is 2.13. The number of phenolic OH excluding ortho intramolecular Hbond substituents is 1. The summed E-state index contributed by atoms with van der Waals surface area (Å²) in [6.07, 6.45) is 0. The summed E-state index contributed by atoms with van der Waals surface area (Å²) in [7, 11) is 1.62. The van der Waals surface area contributed by atoms with Crippen molar-refractivity contribution in [1.29, 1.82) is 0 Å². The fourth-order valence-corrected chi connectivity index (χ4v) is 1.58. The van der Waals surface area contributed by atoms with Gasteiger partial charge in [-0.05, 0) is 44.9 Å². The number of nitrogens with two attached hydrogens (primary N) is 1. The second-order valence-electron chi connectivity index (χ2n) is 4.45. The van der Waals surface area contributed by atoms with Crippen LogP contribution in [0.3, 0.4) is 0 Å². The van der Waals surface area contributed by atoms with Crippen molar-refractivity contribution < 1.29 is 9.84 Å². The fraction of sp³-hybridized carbons (Fsp3) is 0.500. The van der Waals surface area contributed by atoms with Crippen LogP contribution in [0, 0.1) is 13.8 Å². The highest BCUT2D eigenvalue weighted by Gasteiger charge is 2.22. The third kappa shape index (κ3) is 2.07. The van der Waals surface area contributed by atoms with Crippen LogP contribution in [0.25, 0.3) is 0 Å². The monoisotopic (exact) mass is 209 g/mol. The summed E-state index contributed by atoms with van der Waals surface area (Å²) in [5, 5.41) is 10.00. The fourth-order valence-electron chi connectivity index (χ4n) is 1.58. The molecule has 84 valence electrons. The molecule has 0 saturated carbocycles. The number of ether oxygens (including phenoxy) is 1. The van der Waals surface area contributed by atoms with Crippen molar-refractivity contribution in [3.63, 3.8) is 0 Å². The summed E-state index contributed by atoms with van der Waals surface area (Å²) in [6.45, 7) is 7.50. The zero-order chi connectivity index (χ0) is 11.8. The summed E-state index contributed by atoms with van der Waals surface area (Å²) in [5.74, 6) is 1.03. The van der Waals surface area contributed by atoms with Gasteiger partial charge in [0.25, 0.3) is 0 Å². The van der Waals surface area contributed by atoms with Crippen molar-refractivity contribution in [2.75, 3.05) is 7.11 Å². The predicted octanol–water partition coefficient (Wildman–Crippen LogP) is 2.21. The van der Waals surface area contributed by atoms with Crippen molar-refractivity contribution in [3.05, 3.63) is 22.8 Å². The van der Waals surface area contributed by atoms with Crippen molar-refractivity contribution >= 4 is 0 Å². The highest BCUT2D eigenvalue weighted by molar-refractivity contribution is 5.53. The smallest absolute Gasteiger partial charge is 0.124 e. The van der Waals surface area contributed by atoms with E-state index in [1.807, 2.05) is 27.7 Å². The van der Waals surface area contributed by atoms with Gasteiger partial charge in [-0.1, -0.05) is 0 Å². The molecule has 3 heteroatoms. The molecule has 0 unspecified atom stereocenters. The minimum atomic E-state index is -0.574. The van der Waals surface area contributed by atoms with Gasteiger partial charge < -0.3 is 15.6 Å². The number of rotatable bonds is 2. The first-order valence-corrected chi connectivity index (χ1v) is 4.95. The summed E-state index contributed by atoms with van der Waals surface area (Å²) in [4.78, 5) is 0. The second kappa shape index (κ2) is 3.74. The Labute approximate surface area is 90.9 Å². The Kier molecular flexibility index (Phi) is 2.95. The molecule has 0 radical (unpaired) electrons. The number of phenols is 1. The molecule has 0 heterocycles. The average molecular weight is 209 g/mol. The van der Waals surface area contributed by atoms with E-state index in [0.29, 0.717) is 5.56 Å². The highest BCUT2D eigenvalue weighted by Crippen LogP contribution is 2.36. The van der Waals surface area contributed by atoms with Gasteiger partial charge in [0.1, 0.15) is 11.5 Å². The largest absolute Gasteiger partial charge is 0.507 e. The maximum Gasteiger partial charge on any atom is 0.124 e. The minimum Gasteiger partial charge on any atom is -0.507 e. The van der Waals surface area contributed by atoms with E-state index < -0.39 is 5.54 Å². The SMILES string of the molecule is COc1cc(C(C)(C)N)c(O)c(C)c1C. The Morgan fingerprint density at radius 1 is 1.27 bits per heavy atom. The number of hydrogen-bond acceptors (Lipinski definition) is 3. The van der Waals surface area contributed by atoms with Crippen LogP contribution in [0.2, 0.25) is 0 Å². The van der Waals surface area contributed by atoms with Crippen LogP contribution in [0.1, 0.15) is 30.5 Å². The van der Waals surface area contributed by atoms with E-state index in [1.165, 1.54) is 0 Å². The minimum absolute atomic E-state index is 0.265. The van der Waals surface area contributed by atoms with Crippen LogP contribution in [-0.2, 0) is 5.54 Å². The molecule has 0 amide bonds. The van der Waals surface area contributed by atoms with Gasteiger partial charge in [0.05, 0.1) is 7.11 Å². The standard InChI is InChI=1S/C12H19NO2/c1-7-8(2)11(14)9(12(3,4)13)6-10(7)15-5/h6,14H,13H2,1-5H3. The lowest BCUT2D eigenvalue weighted by Gasteiger charge is -2.23. The van der Waals surface area contributed by atoms with E-state index in [9.17, 15) is 5.11 Å². The van der Waals surface area contributed by atoms with Crippen LogP contribution in [0.5, 0.6) is 11.5 Å². The Balaban J connectivity index is 3.49.